The summed E-state index contributed by atoms with van der Waals surface area (Å²) in [6.07, 6.45) is 0.300. The van der Waals surface area contributed by atoms with Gasteiger partial charge in [0.1, 0.15) is 0 Å². The van der Waals surface area contributed by atoms with Crippen LogP contribution in [-0.4, -0.2) is 26.2 Å². The summed E-state index contributed by atoms with van der Waals surface area (Å²) in [6, 6.07) is 0. The molecule has 0 aliphatic carbocycles. The van der Waals surface area contributed by atoms with Gasteiger partial charge in [-0.1, -0.05) is 0 Å². The Morgan fingerprint density at radius 2 is 2.30 bits per heavy atom. The van der Waals surface area contributed by atoms with Gasteiger partial charge in [0.15, 0.2) is 0 Å². The quantitative estimate of drug-likeness (QED) is 0.340. The summed E-state index contributed by atoms with van der Waals surface area (Å²) in [5.74, 6) is -0.224. The van der Waals surface area contributed by atoms with Crippen molar-refractivity contribution in [2.24, 2.45) is 0 Å². The van der Waals surface area contributed by atoms with Crippen molar-refractivity contribution in [2.75, 3.05) is 20.3 Å². The molecule has 4 nitrogen and oxygen atoms in total. The van der Waals surface area contributed by atoms with E-state index in [0.29, 0.717) is 19.6 Å². The van der Waals surface area contributed by atoms with Crippen LogP contribution in [0.2, 0.25) is 0 Å². The third-order valence-corrected chi connectivity index (χ3v) is 0.858. The van der Waals surface area contributed by atoms with E-state index in [1.54, 1.807) is 14.0 Å². The van der Waals surface area contributed by atoms with Gasteiger partial charge in [0.25, 0.3) is 0 Å². The van der Waals surface area contributed by atoms with Crippen molar-refractivity contribution in [3.63, 3.8) is 0 Å². The van der Waals surface area contributed by atoms with Gasteiger partial charge in [-0.25, -0.2) is 5.48 Å². The first kappa shape index (κ1) is 9.39. The van der Waals surface area contributed by atoms with Gasteiger partial charge in [0.2, 0.25) is 0 Å². The Balaban J connectivity index is 3.05. The Labute approximate surface area is 60.5 Å². The monoisotopic (exact) mass is 147 g/mol. The number of rotatable bonds is 5. The van der Waals surface area contributed by atoms with E-state index in [9.17, 15) is 4.79 Å². The van der Waals surface area contributed by atoms with Gasteiger partial charge in [-0.15, -0.1) is 0 Å². The molecule has 0 atom stereocenters. The number of carbonyl (C=O) groups excluding carboxylic acids is 1. The van der Waals surface area contributed by atoms with Crippen LogP contribution in [0.3, 0.4) is 0 Å². The highest BCUT2D eigenvalue weighted by Gasteiger charge is 1.99. The normalized spacial score (nSPS) is 9.40. The van der Waals surface area contributed by atoms with Crippen LogP contribution < -0.4 is 5.48 Å². The minimum atomic E-state index is -0.224. The van der Waals surface area contributed by atoms with Crippen LogP contribution in [0.15, 0.2) is 0 Å². The number of hydroxylamine groups is 1. The van der Waals surface area contributed by atoms with Crippen LogP contribution in [0.25, 0.3) is 0 Å². The van der Waals surface area contributed by atoms with Crippen molar-refractivity contribution in [2.45, 2.75) is 13.3 Å². The number of hydrogen-bond donors (Lipinski definition) is 1. The van der Waals surface area contributed by atoms with E-state index in [4.69, 9.17) is 4.84 Å². The molecule has 1 N–H and O–H groups in total. The van der Waals surface area contributed by atoms with Gasteiger partial charge in [-0.3, -0.25) is 4.79 Å². The summed E-state index contributed by atoms with van der Waals surface area (Å²) in [5.41, 5.74) is 2.46. The number of ether oxygens (including phenoxy) is 1. The molecule has 0 aromatic carbocycles. The van der Waals surface area contributed by atoms with Gasteiger partial charge < -0.3 is 9.57 Å². The molecule has 0 unspecified atom stereocenters. The van der Waals surface area contributed by atoms with Gasteiger partial charge in [-0.2, -0.15) is 0 Å². The minimum Gasteiger partial charge on any atom is -0.466 e. The minimum absolute atomic E-state index is 0.224. The van der Waals surface area contributed by atoms with Crippen molar-refractivity contribution >= 4 is 5.97 Å². The average Bonchev–Trinajstić information content (AvgIpc) is 1.89. The molecule has 0 aromatic heterocycles. The smallest absolute Gasteiger partial charge is 0.308 e. The van der Waals surface area contributed by atoms with E-state index in [1.165, 1.54) is 0 Å². The molecule has 0 radical (unpaired) electrons. The second-order valence-electron chi connectivity index (χ2n) is 1.61. The summed E-state index contributed by atoms with van der Waals surface area (Å²) in [6.45, 7) is 2.56. The molecule has 0 bridgehead atoms. The molecule has 0 aliphatic heterocycles. The summed E-state index contributed by atoms with van der Waals surface area (Å²) in [7, 11) is 1.64. The Morgan fingerprint density at radius 1 is 1.60 bits per heavy atom. The van der Waals surface area contributed by atoms with Crippen LogP contribution in [0.5, 0.6) is 0 Å². The van der Waals surface area contributed by atoms with Crippen LogP contribution in [0, 0.1) is 0 Å². The first-order valence-corrected chi connectivity index (χ1v) is 3.25. The van der Waals surface area contributed by atoms with Crippen LogP contribution in [0.4, 0.5) is 0 Å². The summed E-state index contributed by atoms with van der Waals surface area (Å²) >= 11 is 0. The van der Waals surface area contributed by atoms with E-state index in [1.807, 2.05) is 0 Å². The Morgan fingerprint density at radius 3 is 2.80 bits per heavy atom. The molecule has 0 spiro atoms. The molecule has 0 saturated heterocycles. The molecule has 0 aliphatic rings. The zero-order valence-corrected chi connectivity index (χ0v) is 6.35. The zero-order chi connectivity index (χ0) is 7.82. The van der Waals surface area contributed by atoms with E-state index in [-0.39, 0.29) is 5.97 Å². The first-order valence-electron chi connectivity index (χ1n) is 3.25. The predicted octanol–water partition coefficient (Wildman–Crippen LogP) is 0.0906. The fourth-order valence-electron chi connectivity index (χ4n) is 0.470. The molecule has 60 valence electrons. The molecule has 10 heavy (non-hydrogen) atoms. The molecule has 0 aromatic rings. The Kier molecular flexibility index (Phi) is 6.11. The first-order chi connectivity index (χ1) is 4.81. The molecule has 0 rings (SSSR count). The van der Waals surface area contributed by atoms with Gasteiger partial charge >= 0.3 is 5.97 Å². The lowest BCUT2D eigenvalue weighted by Gasteiger charge is -2.00. The Bertz CT molecular complexity index is 95.0. The molecular formula is C6H13NO3. The van der Waals surface area contributed by atoms with Gasteiger partial charge in [-0.05, 0) is 6.92 Å². The second kappa shape index (κ2) is 6.51. The highest BCUT2D eigenvalue weighted by atomic mass is 16.6. The standard InChI is InChI=1S/C6H13NO3/c1-3-9-6(8)4-5-10-7-2/h7H,3-5H2,1-2H3. The highest BCUT2D eigenvalue weighted by Crippen LogP contribution is 1.85. The third kappa shape index (κ3) is 5.53. The predicted molar refractivity (Wildman–Crippen MR) is 36.3 cm³/mol. The van der Waals surface area contributed by atoms with E-state index in [0.717, 1.165) is 0 Å². The molecular weight excluding hydrogens is 134 g/mol. The van der Waals surface area contributed by atoms with Crippen molar-refractivity contribution in [1.29, 1.82) is 0 Å². The SMILES string of the molecule is CCOC(=O)CCONC. The van der Waals surface area contributed by atoms with E-state index in [2.05, 4.69) is 10.2 Å². The lowest BCUT2D eigenvalue weighted by Crippen LogP contribution is -2.13. The number of carbonyl (C=O) groups is 1. The molecule has 0 heterocycles. The van der Waals surface area contributed by atoms with Crippen molar-refractivity contribution in [1.82, 2.24) is 5.48 Å². The van der Waals surface area contributed by atoms with E-state index >= 15 is 0 Å². The second-order valence-corrected chi connectivity index (χ2v) is 1.61. The van der Waals surface area contributed by atoms with Crippen molar-refractivity contribution < 1.29 is 14.4 Å². The number of nitrogens with one attached hydrogen (secondary N) is 1. The molecule has 4 heteroatoms. The van der Waals surface area contributed by atoms with Gasteiger partial charge in [0, 0.05) is 7.05 Å². The summed E-state index contributed by atoms with van der Waals surface area (Å²) < 4.78 is 4.64. The highest BCUT2D eigenvalue weighted by molar-refractivity contribution is 5.69. The summed E-state index contributed by atoms with van der Waals surface area (Å²) in [5, 5.41) is 0. The van der Waals surface area contributed by atoms with Crippen molar-refractivity contribution in [3.8, 4) is 0 Å². The largest absolute Gasteiger partial charge is 0.466 e. The van der Waals surface area contributed by atoms with Crippen LogP contribution >= 0.6 is 0 Å². The van der Waals surface area contributed by atoms with Crippen LogP contribution in [0.1, 0.15) is 13.3 Å². The third-order valence-electron chi connectivity index (χ3n) is 0.858. The average molecular weight is 147 g/mol. The maximum Gasteiger partial charge on any atom is 0.308 e. The zero-order valence-electron chi connectivity index (χ0n) is 6.35. The molecule has 0 fully saturated rings. The van der Waals surface area contributed by atoms with Crippen LogP contribution in [-0.2, 0) is 14.4 Å². The van der Waals surface area contributed by atoms with Crippen molar-refractivity contribution in [3.05, 3.63) is 0 Å². The molecule has 0 saturated carbocycles. The summed E-state index contributed by atoms with van der Waals surface area (Å²) in [4.78, 5) is 15.3. The number of hydrogen-bond acceptors (Lipinski definition) is 4. The fraction of sp³-hybridized carbons (Fsp3) is 0.833. The van der Waals surface area contributed by atoms with Gasteiger partial charge in [0.05, 0.1) is 19.6 Å². The number of esters is 1. The lowest BCUT2D eigenvalue weighted by atomic mass is 10.5. The Hall–Kier alpha value is -0.610. The maximum absolute atomic E-state index is 10.6. The topological polar surface area (TPSA) is 47.6 Å². The maximum atomic E-state index is 10.6. The lowest BCUT2D eigenvalue weighted by molar-refractivity contribution is -0.144. The fourth-order valence-corrected chi connectivity index (χ4v) is 0.470. The van der Waals surface area contributed by atoms with E-state index < -0.39 is 0 Å². The molecule has 0 amide bonds.